The fourth-order valence-corrected chi connectivity index (χ4v) is 5.39. The molecule has 0 spiro atoms. The molecule has 47 heavy (non-hydrogen) atoms. The second-order valence-electron chi connectivity index (χ2n) is 12.7. The minimum absolute atomic E-state index is 0.00509. The van der Waals surface area contributed by atoms with Gasteiger partial charge in [-0.05, 0) is 60.9 Å². The molecule has 2 rings (SSSR count). The number of ether oxygens (including phenoxy) is 1. The summed E-state index contributed by atoms with van der Waals surface area (Å²) in [6.45, 7) is 6.71. The maximum Gasteiger partial charge on any atom is 0.258 e. The Hall–Kier alpha value is -3.73. The maximum absolute atomic E-state index is 12.9. The highest BCUT2D eigenvalue weighted by atomic mass is 16.5. The third-order valence-corrected chi connectivity index (χ3v) is 8.63. The third kappa shape index (κ3) is 18.3. The van der Waals surface area contributed by atoms with Crippen molar-refractivity contribution in [1.82, 2.24) is 10.6 Å². The summed E-state index contributed by atoms with van der Waals surface area (Å²) in [6.07, 6.45) is 21.9. The third-order valence-electron chi connectivity index (χ3n) is 8.63. The molecule has 0 radical (unpaired) electrons. The van der Waals surface area contributed by atoms with E-state index in [1.807, 2.05) is 13.8 Å². The summed E-state index contributed by atoms with van der Waals surface area (Å²) in [5.74, 6) is 0.0547. The Balaban J connectivity index is 1.57. The fraction of sp³-hybridized carbons (Fsp3) is 0.615. The number of azo groups is 1. The molecule has 0 saturated carbocycles. The van der Waals surface area contributed by atoms with Gasteiger partial charge < -0.3 is 15.4 Å². The first-order chi connectivity index (χ1) is 23.0. The van der Waals surface area contributed by atoms with Crippen LogP contribution in [-0.2, 0) is 9.59 Å². The van der Waals surface area contributed by atoms with E-state index in [1.54, 1.807) is 48.5 Å². The van der Waals surface area contributed by atoms with E-state index in [4.69, 9.17) is 10.00 Å². The average molecular weight is 646 g/mol. The summed E-state index contributed by atoms with van der Waals surface area (Å²) in [5.41, 5.74) is 1.84. The lowest BCUT2D eigenvalue weighted by Gasteiger charge is -2.23. The molecule has 0 bridgehead atoms. The second-order valence-corrected chi connectivity index (χ2v) is 12.7. The van der Waals surface area contributed by atoms with Crippen LogP contribution in [-0.4, -0.2) is 31.0 Å². The van der Waals surface area contributed by atoms with Gasteiger partial charge in [-0.1, -0.05) is 124 Å². The van der Waals surface area contributed by atoms with Crippen molar-refractivity contribution in [3.8, 4) is 11.8 Å². The molecule has 2 amide bonds. The Morgan fingerprint density at radius 2 is 1.19 bits per heavy atom. The largest absolute Gasteiger partial charge is 0.484 e. The number of carbonyl (C=O) groups is 2. The molecule has 2 aromatic carbocycles. The lowest BCUT2D eigenvalue weighted by Crippen LogP contribution is -2.51. The molecule has 2 atom stereocenters. The minimum Gasteiger partial charge on any atom is -0.484 e. The van der Waals surface area contributed by atoms with Gasteiger partial charge in [0, 0.05) is 6.54 Å². The molecule has 0 aliphatic heterocycles. The zero-order chi connectivity index (χ0) is 34.0. The van der Waals surface area contributed by atoms with Gasteiger partial charge in [0.15, 0.2) is 6.61 Å². The van der Waals surface area contributed by atoms with Crippen LogP contribution in [0.15, 0.2) is 58.8 Å². The molecule has 0 aliphatic carbocycles. The van der Waals surface area contributed by atoms with Gasteiger partial charge in [0.25, 0.3) is 5.91 Å². The standard InChI is InChI=1S/C39H59N5O3/c1-4-6-7-8-9-10-11-12-13-14-15-16-17-18-19-20-29-41-39(46)38(32(3)5-2)42-37(45)31-47-36-27-25-35(26-28-36)44-43-34-23-21-33(30-40)22-24-34/h21-28,32,38H,4-20,29,31H2,1-3H3,(H,41,46)(H,42,45). The lowest BCUT2D eigenvalue weighted by atomic mass is 9.98. The Morgan fingerprint density at radius 3 is 1.66 bits per heavy atom. The second kappa shape index (κ2) is 25.4. The van der Waals surface area contributed by atoms with Crippen LogP contribution in [0.5, 0.6) is 5.75 Å². The number of amides is 2. The molecule has 0 fully saturated rings. The first kappa shape index (κ1) is 39.4. The van der Waals surface area contributed by atoms with Gasteiger partial charge in [-0.15, -0.1) is 0 Å². The SMILES string of the molecule is CCCCCCCCCCCCCCCCCCNC(=O)C(NC(=O)COc1ccc(N=Nc2ccc(C#N)cc2)cc1)C(C)CC. The van der Waals surface area contributed by atoms with E-state index in [9.17, 15) is 9.59 Å². The molecule has 0 aliphatic rings. The number of nitrogens with zero attached hydrogens (tertiary/aromatic N) is 3. The van der Waals surface area contributed by atoms with E-state index in [-0.39, 0.29) is 24.3 Å². The van der Waals surface area contributed by atoms with E-state index < -0.39 is 6.04 Å². The van der Waals surface area contributed by atoms with Crippen LogP contribution in [0.3, 0.4) is 0 Å². The van der Waals surface area contributed by atoms with Gasteiger partial charge in [-0.3, -0.25) is 9.59 Å². The number of nitrogens with one attached hydrogen (secondary N) is 2. The summed E-state index contributed by atoms with van der Waals surface area (Å²) in [6, 6.07) is 15.2. The van der Waals surface area contributed by atoms with Crippen molar-refractivity contribution in [2.75, 3.05) is 13.2 Å². The summed E-state index contributed by atoms with van der Waals surface area (Å²) < 4.78 is 5.66. The predicted molar refractivity (Wildman–Crippen MR) is 191 cm³/mol. The fourth-order valence-electron chi connectivity index (χ4n) is 5.39. The number of nitriles is 1. The Morgan fingerprint density at radius 1 is 0.723 bits per heavy atom. The quantitative estimate of drug-likeness (QED) is 0.0782. The van der Waals surface area contributed by atoms with Crippen molar-refractivity contribution >= 4 is 23.2 Å². The monoisotopic (exact) mass is 645 g/mol. The van der Waals surface area contributed by atoms with E-state index >= 15 is 0 Å². The van der Waals surface area contributed by atoms with E-state index in [0.717, 1.165) is 19.3 Å². The predicted octanol–water partition coefficient (Wildman–Crippen LogP) is 10.3. The highest BCUT2D eigenvalue weighted by Crippen LogP contribution is 2.22. The highest BCUT2D eigenvalue weighted by molar-refractivity contribution is 5.88. The minimum atomic E-state index is -0.595. The average Bonchev–Trinajstić information content (AvgIpc) is 3.10. The first-order valence-electron chi connectivity index (χ1n) is 18.2. The highest BCUT2D eigenvalue weighted by Gasteiger charge is 2.25. The van der Waals surface area contributed by atoms with Gasteiger partial charge in [0.2, 0.25) is 5.91 Å². The van der Waals surface area contributed by atoms with Crippen molar-refractivity contribution in [2.24, 2.45) is 16.1 Å². The molecule has 2 aromatic rings. The zero-order valence-electron chi connectivity index (χ0n) is 29.3. The summed E-state index contributed by atoms with van der Waals surface area (Å²) in [4.78, 5) is 25.6. The molecule has 0 aromatic heterocycles. The van der Waals surface area contributed by atoms with Crippen molar-refractivity contribution in [2.45, 2.75) is 136 Å². The van der Waals surface area contributed by atoms with Gasteiger partial charge in [0.05, 0.1) is 23.0 Å². The smallest absolute Gasteiger partial charge is 0.258 e. The number of benzene rings is 2. The van der Waals surface area contributed by atoms with Gasteiger partial charge in [-0.25, -0.2) is 0 Å². The molecule has 2 N–H and O–H groups in total. The summed E-state index contributed by atoms with van der Waals surface area (Å²) in [7, 11) is 0. The van der Waals surface area contributed by atoms with Gasteiger partial charge in [0.1, 0.15) is 11.8 Å². The number of hydrogen-bond acceptors (Lipinski definition) is 6. The molecule has 2 unspecified atom stereocenters. The molecule has 258 valence electrons. The number of unbranched alkanes of at least 4 members (excludes halogenated alkanes) is 15. The molecule has 0 saturated heterocycles. The van der Waals surface area contributed by atoms with E-state index in [1.165, 1.54) is 89.9 Å². The van der Waals surface area contributed by atoms with Crippen molar-refractivity contribution in [3.05, 3.63) is 54.1 Å². The Kier molecular flexibility index (Phi) is 21.3. The van der Waals surface area contributed by atoms with Crippen LogP contribution >= 0.6 is 0 Å². The van der Waals surface area contributed by atoms with Gasteiger partial charge in [-0.2, -0.15) is 15.5 Å². The summed E-state index contributed by atoms with van der Waals surface area (Å²) >= 11 is 0. The van der Waals surface area contributed by atoms with Gasteiger partial charge >= 0.3 is 0 Å². The van der Waals surface area contributed by atoms with Crippen molar-refractivity contribution < 1.29 is 14.3 Å². The maximum atomic E-state index is 12.9. The molecule has 8 nitrogen and oxygen atoms in total. The van der Waals surface area contributed by atoms with Crippen LogP contribution in [0, 0.1) is 17.2 Å². The Bertz CT molecular complexity index is 1190. The molecule has 8 heteroatoms. The van der Waals surface area contributed by atoms with Crippen molar-refractivity contribution in [1.29, 1.82) is 5.26 Å². The van der Waals surface area contributed by atoms with Crippen LogP contribution in [0.1, 0.15) is 135 Å². The Labute approximate surface area is 284 Å². The number of rotatable bonds is 26. The summed E-state index contributed by atoms with van der Waals surface area (Å²) in [5, 5.41) is 23.2. The number of carbonyl (C=O) groups excluding carboxylic acids is 2. The van der Waals surface area contributed by atoms with Crippen LogP contribution in [0.25, 0.3) is 0 Å². The molecule has 0 heterocycles. The molecular weight excluding hydrogens is 586 g/mol. The topological polar surface area (TPSA) is 116 Å². The van der Waals surface area contributed by atoms with E-state index in [2.05, 4.69) is 33.9 Å². The zero-order valence-corrected chi connectivity index (χ0v) is 29.3. The lowest BCUT2D eigenvalue weighted by molar-refractivity contribution is -0.131. The van der Waals surface area contributed by atoms with Crippen LogP contribution in [0.2, 0.25) is 0 Å². The molecular formula is C39H59N5O3. The first-order valence-corrected chi connectivity index (χ1v) is 18.2. The normalized spacial score (nSPS) is 12.4. The number of hydrogen-bond donors (Lipinski definition) is 2. The van der Waals surface area contributed by atoms with Crippen LogP contribution < -0.4 is 15.4 Å². The van der Waals surface area contributed by atoms with Crippen molar-refractivity contribution in [3.63, 3.8) is 0 Å². The van der Waals surface area contributed by atoms with E-state index in [0.29, 0.717) is 29.2 Å². The van der Waals surface area contributed by atoms with Crippen LogP contribution in [0.4, 0.5) is 11.4 Å².